The number of Topliss-reactive ketones (excluding diaryl/α,β-unsaturated/α-hetero) is 1. The average Bonchev–Trinajstić information content (AvgIpc) is 2.86. The highest BCUT2D eigenvalue weighted by molar-refractivity contribution is 5.99. The van der Waals surface area contributed by atoms with Crippen LogP contribution in [0.1, 0.15) is 46.0 Å². The van der Waals surface area contributed by atoms with Gasteiger partial charge < -0.3 is 14.6 Å². The molecule has 7 nitrogen and oxygen atoms in total. The maximum absolute atomic E-state index is 12.2. The van der Waals surface area contributed by atoms with E-state index in [-0.39, 0.29) is 11.3 Å². The minimum Gasteiger partial charge on any atom is -0.449 e. The Kier molecular flexibility index (Phi) is 5.13. The number of amides is 1. The first-order valence-corrected chi connectivity index (χ1v) is 7.35. The molecule has 126 valence electrons. The Bertz CT molecular complexity index is 775. The van der Waals surface area contributed by atoms with Gasteiger partial charge in [-0.25, -0.2) is 4.79 Å². The smallest absolute Gasteiger partial charge is 0.344 e. The summed E-state index contributed by atoms with van der Waals surface area (Å²) in [6.45, 7) is 6.11. The Morgan fingerprint density at radius 2 is 1.96 bits per heavy atom. The average molecular weight is 330 g/mol. The Labute approximate surface area is 139 Å². The molecule has 1 amide bonds. The van der Waals surface area contributed by atoms with Crippen molar-refractivity contribution in [2.75, 3.05) is 5.32 Å². The summed E-state index contributed by atoms with van der Waals surface area (Å²) in [5.74, 6) is -0.953. The zero-order chi connectivity index (χ0) is 17.9. The number of hydrogen-bond acceptors (Lipinski definition) is 6. The van der Waals surface area contributed by atoms with Gasteiger partial charge in [0.2, 0.25) is 0 Å². The van der Waals surface area contributed by atoms with Gasteiger partial charge in [0.25, 0.3) is 5.91 Å². The Morgan fingerprint density at radius 1 is 1.25 bits per heavy atom. The molecule has 1 heterocycles. The quantitative estimate of drug-likeness (QED) is 0.668. The molecule has 0 saturated carbocycles. The third-order valence-electron chi connectivity index (χ3n) is 3.43. The molecule has 0 bridgehead atoms. The standard InChI is InChI=1S/C17H18N2O5/c1-9-15(11(3)24-19-9)17(22)23-12(4)16(21)18-14-7-5-6-13(8-14)10(2)20/h5-8,12H,1-4H3,(H,18,21)/t12-/m1/s1. The van der Waals surface area contributed by atoms with Crippen molar-refractivity contribution in [1.29, 1.82) is 0 Å². The second kappa shape index (κ2) is 7.08. The predicted octanol–water partition coefficient (Wildman–Crippen LogP) is 2.68. The first kappa shape index (κ1) is 17.4. The molecule has 1 aromatic heterocycles. The zero-order valence-electron chi connectivity index (χ0n) is 13.9. The lowest BCUT2D eigenvalue weighted by Crippen LogP contribution is -2.30. The van der Waals surface area contributed by atoms with Crippen molar-refractivity contribution in [2.24, 2.45) is 0 Å². The largest absolute Gasteiger partial charge is 0.449 e. The molecule has 1 aromatic carbocycles. The summed E-state index contributed by atoms with van der Waals surface area (Å²) in [5, 5.41) is 6.28. The summed E-state index contributed by atoms with van der Waals surface area (Å²) in [6, 6.07) is 6.52. The number of anilines is 1. The molecule has 24 heavy (non-hydrogen) atoms. The number of carbonyl (C=O) groups is 3. The second-order valence-corrected chi connectivity index (χ2v) is 5.37. The van der Waals surface area contributed by atoms with E-state index in [0.717, 1.165) is 0 Å². The molecule has 0 saturated heterocycles. The van der Waals surface area contributed by atoms with Crippen LogP contribution >= 0.6 is 0 Å². The third-order valence-corrected chi connectivity index (χ3v) is 3.43. The number of nitrogens with zero attached hydrogens (tertiary/aromatic N) is 1. The number of aryl methyl sites for hydroxylation is 2. The van der Waals surface area contributed by atoms with Gasteiger partial charge in [-0.3, -0.25) is 9.59 Å². The Balaban J connectivity index is 2.03. The number of ether oxygens (including phenoxy) is 1. The van der Waals surface area contributed by atoms with E-state index in [1.165, 1.54) is 13.8 Å². The summed E-state index contributed by atoms with van der Waals surface area (Å²) in [7, 11) is 0. The number of rotatable bonds is 5. The number of carbonyl (C=O) groups excluding carboxylic acids is 3. The molecule has 0 fully saturated rings. The normalized spacial score (nSPS) is 11.7. The number of ketones is 1. The Hall–Kier alpha value is -2.96. The maximum Gasteiger partial charge on any atom is 0.344 e. The first-order valence-electron chi connectivity index (χ1n) is 7.35. The Morgan fingerprint density at radius 3 is 2.54 bits per heavy atom. The topological polar surface area (TPSA) is 98.5 Å². The monoisotopic (exact) mass is 330 g/mol. The van der Waals surface area contributed by atoms with Crippen LogP contribution in [0.3, 0.4) is 0 Å². The summed E-state index contributed by atoms with van der Waals surface area (Å²) < 4.78 is 10.1. The molecule has 0 aliphatic carbocycles. The van der Waals surface area contributed by atoms with Gasteiger partial charge in [0.1, 0.15) is 11.3 Å². The van der Waals surface area contributed by atoms with E-state index >= 15 is 0 Å². The van der Waals surface area contributed by atoms with Crippen LogP contribution in [0.4, 0.5) is 5.69 Å². The first-order chi connectivity index (χ1) is 11.3. The van der Waals surface area contributed by atoms with E-state index < -0.39 is 18.0 Å². The number of benzene rings is 1. The molecule has 0 aliphatic heterocycles. The van der Waals surface area contributed by atoms with Crippen LogP contribution in [-0.4, -0.2) is 28.9 Å². The van der Waals surface area contributed by atoms with Crippen LogP contribution in [0.25, 0.3) is 0 Å². The second-order valence-electron chi connectivity index (χ2n) is 5.37. The zero-order valence-corrected chi connectivity index (χ0v) is 13.9. The molecule has 0 spiro atoms. The number of nitrogens with one attached hydrogen (secondary N) is 1. The fourth-order valence-electron chi connectivity index (χ4n) is 2.11. The summed E-state index contributed by atoms with van der Waals surface area (Å²) in [5.41, 5.74) is 1.55. The van der Waals surface area contributed by atoms with Crippen LogP contribution in [0, 0.1) is 13.8 Å². The highest BCUT2D eigenvalue weighted by Gasteiger charge is 2.24. The van der Waals surface area contributed by atoms with E-state index in [2.05, 4.69) is 10.5 Å². The number of aromatic nitrogens is 1. The number of esters is 1. The lowest BCUT2D eigenvalue weighted by Gasteiger charge is -2.13. The highest BCUT2D eigenvalue weighted by Crippen LogP contribution is 2.16. The van der Waals surface area contributed by atoms with E-state index in [4.69, 9.17) is 9.26 Å². The molecule has 7 heteroatoms. The van der Waals surface area contributed by atoms with E-state index in [1.54, 1.807) is 38.1 Å². The third kappa shape index (κ3) is 3.87. The van der Waals surface area contributed by atoms with Crippen molar-refractivity contribution >= 4 is 23.3 Å². The fraction of sp³-hybridized carbons (Fsp3) is 0.294. The van der Waals surface area contributed by atoms with Crippen molar-refractivity contribution in [1.82, 2.24) is 5.16 Å². The van der Waals surface area contributed by atoms with Crippen LogP contribution < -0.4 is 5.32 Å². The number of hydrogen-bond donors (Lipinski definition) is 1. The van der Waals surface area contributed by atoms with Gasteiger partial charge in [-0.05, 0) is 39.8 Å². The minimum atomic E-state index is -1.02. The van der Waals surface area contributed by atoms with Crippen molar-refractivity contribution in [3.05, 3.63) is 46.8 Å². The predicted molar refractivity (Wildman–Crippen MR) is 85.9 cm³/mol. The molecule has 0 radical (unpaired) electrons. The summed E-state index contributed by atoms with van der Waals surface area (Å²) >= 11 is 0. The summed E-state index contributed by atoms with van der Waals surface area (Å²) in [4.78, 5) is 35.6. The van der Waals surface area contributed by atoms with Crippen molar-refractivity contribution in [2.45, 2.75) is 33.8 Å². The molecule has 2 aromatic rings. The molecule has 0 aliphatic rings. The van der Waals surface area contributed by atoms with Gasteiger partial charge in [0.15, 0.2) is 11.9 Å². The van der Waals surface area contributed by atoms with Gasteiger partial charge in [-0.1, -0.05) is 17.3 Å². The van der Waals surface area contributed by atoms with E-state index in [1.807, 2.05) is 0 Å². The van der Waals surface area contributed by atoms with Gasteiger partial charge in [0.05, 0.1) is 5.69 Å². The van der Waals surface area contributed by atoms with Crippen LogP contribution in [0.15, 0.2) is 28.8 Å². The molecule has 0 unspecified atom stereocenters. The van der Waals surface area contributed by atoms with Crippen molar-refractivity contribution in [3.63, 3.8) is 0 Å². The van der Waals surface area contributed by atoms with Crippen LogP contribution in [0.2, 0.25) is 0 Å². The van der Waals surface area contributed by atoms with Gasteiger partial charge >= 0.3 is 5.97 Å². The van der Waals surface area contributed by atoms with Gasteiger partial charge in [0, 0.05) is 11.3 Å². The highest BCUT2D eigenvalue weighted by atomic mass is 16.5. The lowest BCUT2D eigenvalue weighted by atomic mass is 10.1. The molecule has 1 N–H and O–H groups in total. The fourth-order valence-corrected chi connectivity index (χ4v) is 2.11. The van der Waals surface area contributed by atoms with Crippen LogP contribution in [-0.2, 0) is 9.53 Å². The lowest BCUT2D eigenvalue weighted by molar-refractivity contribution is -0.123. The van der Waals surface area contributed by atoms with Crippen molar-refractivity contribution < 1.29 is 23.6 Å². The summed E-state index contributed by atoms with van der Waals surface area (Å²) in [6.07, 6.45) is -1.02. The van der Waals surface area contributed by atoms with Crippen molar-refractivity contribution in [3.8, 4) is 0 Å². The minimum absolute atomic E-state index is 0.107. The molecule has 1 atom stereocenters. The molecular weight excluding hydrogens is 312 g/mol. The molecular formula is C17H18N2O5. The van der Waals surface area contributed by atoms with E-state index in [9.17, 15) is 14.4 Å². The van der Waals surface area contributed by atoms with Crippen LogP contribution in [0.5, 0.6) is 0 Å². The van der Waals surface area contributed by atoms with Gasteiger partial charge in [-0.2, -0.15) is 0 Å². The molecule has 2 rings (SSSR count). The SMILES string of the molecule is CC(=O)c1cccc(NC(=O)[C@@H](C)OC(=O)c2c(C)noc2C)c1. The maximum atomic E-state index is 12.2. The van der Waals surface area contributed by atoms with E-state index in [0.29, 0.717) is 22.7 Å². The van der Waals surface area contributed by atoms with Gasteiger partial charge in [-0.15, -0.1) is 0 Å².